The Morgan fingerprint density at radius 1 is 1.44 bits per heavy atom. The second kappa shape index (κ2) is 5.55. The minimum absolute atomic E-state index is 0.0439. The molecule has 0 bridgehead atoms. The normalized spacial score (nSPS) is 10.2. The summed E-state index contributed by atoms with van der Waals surface area (Å²) in [5.74, 6) is -0.630. The molecule has 1 aromatic heterocycles. The van der Waals surface area contributed by atoms with E-state index in [1.165, 1.54) is 12.1 Å². The first-order valence-corrected chi connectivity index (χ1v) is 5.19. The van der Waals surface area contributed by atoms with E-state index in [1.807, 2.05) is 13.8 Å². The van der Waals surface area contributed by atoms with Crippen molar-refractivity contribution in [2.45, 2.75) is 19.9 Å². The second-order valence-electron chi connectivity index (χ2n) is 3.51. The molecule has 0 unspecified atom stereocenters. The quantitative estimate of drug-likeness (QED) is 0.836. The predicted octanol–water partition coefficient (Wildman–Crippen LogP) is 1.19. The van der Waals surface area contributed by atoms with Crippen molar-refractivity contribution >= 4 is 23.4 Å². The number of nitrogens with one attached hydrogen (secondary N) is 2. The number of hydrogen-bond donors (Lipinski definition) is 2. The molecule has 2 amide bonds. The predicted molar refractivity (Wildman–Crippen MR) is 59.3 cm³/mol. The molecule has 0 saturated carbocycles. The number of amides is 2. The molecule has 1 heterocycles. The summed E-state index contributed by atoms with van der Waals surface area (Å²) in [6.07, 6.45) is 0. The maximum Gasteiger partial charge on any atom is 0.287 e. The largest absolute Gasteiger partial charge is 0.440 e. The van der Waals surface area contributed by atoms with Gasteiger partial charge in [0, 0.05) is 6.04 Å². The standard InChI is InChI=1S/C10H13ClN2O3/c1-6(2)13-9(14)5-12-10(15)7-3-4-8(11)16-7/h3-4,6H,5H2,1-2H3,(H,12,15)(H,13,14). The average molecular weight is 245 g/mol. The third-order valence-corrected chi connectivity index (χ3v) is 1.86. The molecule has 0 atom stereocenters. The van der Waals surface area contributed by atoms with Crippen LogP contribution in [0.25, 0.3) is 0 Å². The zero-order valence-electron chi connectivity index (χ0n) is 9.04. The van der Waals surface area contributed by atoms with E-state index in [9.17, 15) is 9.59 Å². The summed E-state index contributed by atoms with van der Waals surface area (Å²) < 4.78 is 4.88. The highest BCUT2D eigenvalue weighted by atomic mass is 35.5. The molecule has 2 N–H and O–H groups in total. The van der Waals surface area contributed by atoms with Crippen LogP contribution in [0.2, 0.25) is 5.22 Å². The van der Waals surface area contributed by atoms with Gasteiger partial charge in [0.1, 0.15) is 0 Å². The molecule has 5 nitrogen and oxygen atoms in total. The van der Waals surface area contributed by atoms with Crippen LogP contribution >= 0.6 is 11.6 Å². The fourth-order valence-electron chi connectivity index (χ4n) is 1.06. The number of hydrogen-bond acceptors (Lipinski definition) is 3. The van der Waals surface area contributed by atoms with Gasteiger partial charge in [0.15, 0.2) is 11.0 Å². The van der Waals surface area contributed by atoms with E-state index in [1.54, 1.807) is 0 Å². The van der Waals surface area contributed by atoms with Gasteiger partial charge in [-0.2, -0.15) is 0 Å². The van der Waals surface area contributed by atoms with Crippen LogP contribution in [0, 0.1) is 0 Å². The average Bonchev–Trinajstić information content (AvgIpc) is 2.60. The molecule has 0 aromatic carbocycles. The number of halogens is 1. The maximum absolute atomic E-state index is 11.4. The second-order valence-corrected chi connectivity index (χ2v) is 3.88. The van der Waals surface area contributed by atoms with E-state index >= 15 is 0 Å². The third kappa shape index (κ3) is 3.94. The van der Waals surface area contributed by atoms with Crippen LogP contribution in [-0.4, -0.2) is 24.4 Å². The third-order valence-electron chi connectivity index (χ3n) is 1.66. The first kappa shape index (κ1) is 12.6. The lowest BCUT2D eigenvalue weighted by atomic mass is 10.4. The Balaban J connectivity index is 2.38. The minimum Gasteiger partial charge on any atom is -0.440 e. The van der Waals surface area contributed by atoms with Crippen molar-refractivity contribution in [1.29, 1.82) is 0 Å². The van der Waals surface area contributed by atoms with Crippen LogP contribution < -0.4 is 10.6 Å². The van der Waals surface area contributed by atoms with E-state index < -0.39 is 5.91 Å². The summed E-state index contributed by atoms with van der Waals surface area (Å²) in [5.41, 5.74) is 0. The molecule has 0 spiro atoms. The molecule has 1 aromatic rings. The van der Waals surface area contributed by atoms with Crippen molar-refractivity contribution in [3.05, 3.63) is 23.1 Å². The molecule has 0 radical (unpaired) electrons. The zero-order valence-corrected chi connectivity index (χ0v) is 9.80. The molecule has 0 aliphatic rings. The van der Waals surface area contributed by atoms with Crippen molar-refractivity contribution in [1.82, 2.24) is 10.6 Å². The number of carbonyl (C=O) groups is 2. The molecule has 0 aliphatic heterocycles. The van der Waals surface area contributed by atoms with E-state index in [0.717, 1.165) is 0 Å². The summed E-state index contributed by atoms with van der Waals surface area (Å²) in [6, 6.07) is 2.95. The van der Waals surface area contributed by atoms with Gasteiger partial charge in [-0.05, 0) is 37.6 Å². The molecule has 1 rings (SSSR count). The van der Waals surface area contributed by atoms with Crippen LogP contribution in [0.4, 0.5) is 0 Å². The van der Waals surface area contributed by atoms with Gasteiger partial charge in [0.2, 0.25) is 5.91 Å². The van der Waals surface area contributed by atoms with Gasteiger partial charge < -0.3 is 15.1 Å². The van der Waals surface area contributed by atoms with Gasteiger partial charge in [0.05, 0.1) is 6.54 Å². The Labute approximate surface area is 98.1 Å². The number of carbonyl (C=O) groups excluding carboxylic acids is 2. The first-order valence-electron chi connectivity index (χ1n) is 4.82. The summed E-state index contributed by atoms with van der Waals surface area (Å²) in [6.45, 7) is 3.59. The Bertz CT molecular complexity index is 387. The lowest BCUT2D eigenvalue weighted by Crippen LogP contribution is -2.39. The smallest absolute Gasteiger partial charge is 0.287 e. The Kier molecular flexibility index (Phi) is 4.37. The highest BCUT2D eigenvalue weighted by molar-refractivity contribution is 6.29. The molecular formula is C10H13ClN2O3. The minimum atomic E-state index is -0.467. The fourth-order valence-corrected chi connectivity index (χ4v) is 1.20. The van der Waals surface area contributed by atoms with E-state index in [-0.39, 0.29) is 29.5 Å². The van der Waals surface area contributed by atoms with Gasteiger partial charge >= 0.3 is 0 Å². The molecule has 0 saturated heterocycles. The lowest BCUT2D eigenvalue weighted by molar-refractivity contribution is -0.120. The van der Waals surface area contributed by atoms with Crippen molar-refractivity contribution in [2.75, 3.05) is 6.54 Å². The van der Waals surface area contributed by atoms with Crippen LogP contribution in [-0.2, 0) is 4.79 Å². The van der Waals surface area contributed by atoms with Crippen LogP contribution in [0.15, 0.2) is 16.5 Å². The zero-order chi connectivity index (χ0) is 12.1. The van der Waals surface area contributed by atoms with Gasteiger partial charge in [0.25, 0.3) is 5.91 Å². The van der Waals surface area contributed by atoms with Gasteiger partial charge in [-0.25, -0.2) is 0 Å². The summed E-state index contributed by atoms with van der Waals surface area (Å²) in [7, 11) is 0. The van der Waals surface area contributed by atoms with Gasteiger partial charge in [-0.15, -0.1) is 0 Å². The first-order chi connectivity index (χ1) is 7.49. The van der Waals surface area contributed by atoms with E-state index in [0.29, 0.717) is 0 Å². The van der Waals surface area contributed by atoms with Crippen LogP contribution in [0.3, 0.4) is 0 Å². The molecule has 0 aliphatic carbocycles. The SMILES string of the molecule is CC(C)NC(=O)CNC(=O)c1ccc(Cl)o1. The van der Waals surface area contributed by atoms with Crippen molar-refractivity contribution in [3.8, 4) is 0 Å². The van der Waals surface area contributed by atoms with Crippen molar-refractivity contribution in [2.24, 2.45) is 0 Å². The molecule has 0 fully saturated rings. The van der Waals surface area contributed by atoms with Gasteiger partial charge in [-0.1, -0.05) is 0 Å². The lowest BCUT2D eigenvalue weighted by Gasteiger charge is -2.08. The fraction of sp³-hybridized carbons (Fsp3) is 0.400. The molecular weight excluding hydrogens is 232 g/mol. The maximum atomic E-state index is 11.4. The highest BCUT2D eigenvalue weighted by Gasteiger charge is 2.11. The number of furan rings is 1. The summed E-state index contributed by atoms with van der Waals surface area (Å²) in [4.78, 5) is 22.6. The Morgan fingerprint density at radius 3 is 2.62 bits per heavy atom. The van der Waals surface area contributed by atoms with E-state index in [2.05, 4.69) is 10.6 Å². The van der Waals surface area contributed by atoms with Crippen molar-refractivity contribution in [3.63, 3.8) is 0 Å². The van der Waals surface area contributed by atoms with Crippen LogP contribution in [0.5, 0.6) is 0 Å². The number of rotatable bonds is 4. The van der Waals surface area contributed by atoms with Crippen LogP contribution in [0.1, 0.15) is 24.4 Å². The highest BCUT2D eigenvalue weighted by Crippen LogP contribution is 2.12. The Morgan fingerprint density at radius 2 is 2.12 bits per heavy atom. The molecule has 6 heteroatoms. The molecule has 88 valence electrons. The van der Waals surface area contributed by atoms with E-state index in [4.69, 9.17) is 16.0 Å². The van der Waals surface area contributed by atoms with Crippen molar-refractivity contribution < 1.29 is 14.0 Å². The monoisotopic (exact) mass is 244 g/mol. The molecule has 16 heavy (non-hydrogen) atoms. The van der Waals surface area contributed by atoms with Gasteiger partial charge in [-0.3, -0.25) is 9.59 Å². The summed E-state index contributed by atoms with van der Waals surface area (Å²) >= 11 is 5.51. The summed E-state index contributed by atoms with van der Waals surface area (Å²) in [5, 5.41) is 5.19. The Hall–Kier alpha value is -1.49. The topological polar surface area (TPSA) is 71.3 Å².